The average Bonchev–Trinajstić information content (AvgIpc) is 2.75. The number of rotatable bonds is 3. The van der Waals surface area contributed by atoms with Crippen molar-refractivity contribution >= 4 is 11.9 Å². The summed E-state index contributed by atoms with van der Waals surface area (Å²) in [5, 5.41) is 8.80. The zero-order valence-electron chi connectivity index (χ0n) is 10.3. The summed E-state index contributed by atoms with van der Waals surface area (Å²) in [7, 11) is 0. The molecule has 2 aliphatic heterocycles. The fourth-order valence-corrected chi connectivity index (χ4v) is 2.70. The van der Waals surface area contributed by atoms with Gasteiger partial charge in [0.1, 0.15) is 0 Å². The number of aliphatic carboxylic acids is 1. The third kappa shape index (κ3) is 2.77. The molecule has 0 saturated carbocycles. The minimum absolute atomic E-state index is 0.00792. The van der Waals surface area contributed by atoms with E-state index in [1.807, 2.05) is 4.90 Å². The summed E-state index contributed by atoms with van der Waals surface area (Å²) in [6.07, 6.45) is 2.51. The highest BCUT2D eigenvalue weighted by Crippen LogP contribution is 2.22. The van der Waals surface area contributed by atoms with Crippen LogP contribution in [0.5, 0.6) is 0 Å². The number of carboxylic acids is 1. The number of hydrogen-bond acceptors (Lipinski definition) is 3. The van der Waals surface area contributed by atoms with Gasteiger partial charge >= 0.3 is 5.97 Å². The SMILES string of the molecule is CC(CC(=O)N1CCN2CCCC2C1)C(=O)O. The molecule has 0 radical (unpaired) electrons. The third-order valence-corrected chi connectivity index (χ3v) is 3.84. The molecule has 2 rings (SSSR count). The zero-order chi connectivity index (χ0) is 12.4. The quantitative estimate of drug-likeness (QED) is 0.776. The Bertz CT molecular complexity index is 319. The lowest BCUT2D eigenvalue weighted by atomic mass is 10.1. The molecule has 0 aliphatic carbocycles. The minimum atomic E-state index is -0.891. The lowest BCUT2D eigenvalue weighted by Crippen LogP contribution is -2.52. The molecule has 2 saturated heterocycles. The molecule has 0 aromatic heterocycles. The predicted molar refractivity (Wildman–Crippen MR) is 62.6 cm³/mol. The summed E-state index contributed by atoms with van der Waals surface area (Å²) in [5.74, 6) is -1.48. The van der Waals surface area contributed by atoms with Crippen LogP contribution < -0.4 is 0 Å². The van der Waals surface area contributed by atoms with Crippen LogP contribution in [0.1, 0.15) is 26.2 Å². The van der Waals surface area contributed by atoms with Gasteiger partial charge in [-0.05, 0) is 19.4 Å². The van der Waals surface area contributed by atoms with E-state index in [9.17, 15) is 9.59 Å². The lowest BCUT2D eigenvalue weighted by Gasteiger charge is -2.37. The van der Waals surface area contributed by atoms with Crippen LogP contribution in [0.15, 0.2) is 0 Å². The van der Waals surface area contributed by atoms with Gasteiger partial charge in [0.05, 0.1) is 5.92 Å². The maximum atomic E-state index is 11.9. The molecular formula is C12H20N2O3. The van der Waals surface area contributed by atoms with Crippen molar-refractivity contribution in [3.63, 3.8) is 0 Å². The summed E-state index contributed by atoms with van der Waals surface area (Å²) < 4.78 is 0. The van der Waals surface area contributed by atoms with Gasteiger partial charge in [-0.1, -0.05) is 6.92 Å². The first-order chi connectivity index (χ1) is 8.08. The minimum Gasteiger partial charge on any atom is -0.481 e. The van der Waals surface area contributed by atoms with Crippen LogP contribution in [0.25, 0.3) is 0 Å². The van der Waals surface area contributed by atoms with E-state index in [0.717, 1.165) is 32.6 Å². The van der Waals surface area contributed by atoms with Crippen molar-refractivity contribution in [2.45, 2.75) is 32.2 Å². The Hall–Kier alpha value is -1.10. The van der Waals surface area contributed by atoms with Crippen molar-refractivity contribution in [2.24, 2.45) is 5.92 Å². The highest BCUT2D eigenvalue weighted by Gasteiger charge is 2.33. The topological polar surface area (TPSA) is 60.9 Å². The highest BCUT2D eigenvalue weighted by molar-refractivity contribution is 5.82. The molecule has 2 atom stereocenters. The second kappa shape index (κ2) is 5.04. The smallest absolute Gasteiger partial charge is 0.306 e. The van der Waals surface area contributed by atoms with Crippen LogP contribution in [0.3, 0.4) is 0 Å². The number of piperazine rings is 1. The van der Waals surface area contributed by atoms with Crippen molar-refractivity contribution < 1.29 is 14.7 Å². The van der Waals surface area contributed by atoms with Gasteiger partial charge in [0.15, 0.2) is 0 Å². The monoisotopic (exact) mass is 240 g/mol. The Morgan fingerprint density at radius 2 is 2.12 bits per heavy atom. The van der Waals surface area contributed by atoms with Crippen molar-refractivity contribution in [3.05, 3.63) is 0 Å². The van der Waals surface area contributed by atoms with Gasteiger partial charge in [0, 0.05) is 32.1 Å². The van der Waals surface area contributed by atoms with Crippen molar-refractivity contribution in [1.29, 1.82) is 0 Å². The van der Waals surface area contributed by atoms with Gasteiger partial charge in [-0.25, -0.2) is 0 Å². The summed E-state index contributed by atoms with van der Waals surface area (Å²) in [6, 6.07) is 0.507. The van der Waals surface area contributed by atoms with Gasteiger partial charge in [-0.15, -0.1) is 0 Å². The molecule has 2 heterocycles. The Morgan fingerprint density at radius 1 is 1.35 bits per heavy atom. The molecule has 2 fully saturated rings. The molecule has 5 nitrogen and oxygen atoms in total. The Kier molecular flexibility index (Phi) is 3.66. The number of carbonyl (C=O) groups is 2. The van der Waals surface area contributed by atoms with E-state index in [1.54, 1.807) is 6.92 Å². The normalized spacial score (nSPS) is 26.6. The van der Waals surface area contributed by atoms with E-state index in [1.165, 1.54) is 6.42 Å². The van der Waals surface area contributed by atoms with E-state index in [0.29, 0.717) is 6.04 Å². The molecular weight excluding hydrogens is 220 g/mol. The fourth-order valence-electron chi connectivity index (χ4n) is 2.70. The van der Waals surface area contributed by atoms with E-state index in [-0.39, 0.29) is 12.3 Å². The molecule has 0 aromatic carbocycles. The van der Waals surface area contributed by atoms with Crippen LogP contribution >= 0.6 is 0 Å². The first-order valence-corrected chi connectivity index (χ1v) is 6.32. The second-order valence-electron chi connectivity index (χ2n) is 5.12. The molecule has 1 amide bonds. The Labute approximate surface area is 101 Å². The van der Waals surface area contributed by atoms with Crippen molar-refractivity contribution in [2.75, 3.05) is 26.2 Å². The molecule has 96 valence electrons. The van der Waals surface area contributed by atoms with E-state index in [2.05, 4.69) is 4.90 Å². The first kappa shape index (κ1) is 12.4. The van der Waals surface area contributed by atoms with Crippen LogP contribution in [0.2, 0.25) is 0 Å². The molecule has 0 aromatic rings. The molecule has 2 aliphatic rings. The summed E-state index contributed by atoms with van der Waals surface area (Å²) in [6.45, 7) is 5.22. The molecule has 2 unspecified atom stereocenters. The number of carbonyl (C=O) groups excluding carboxylic acids is 1. The van der Waals surface area contributed by atoms with Crippen molar-refractivity contribution in [1.82, 2.24) is 9.80 Å². The number of nitrogens with zero attached hydrogens (tertiary/aromatic N) is 2. The number of fused-ring (bicyclic) bond motifs is 1. The third-order valence-electron chi connectivity index (χ3n) is 3.84. The molecule has 17 heavy (non-hydrogen) atoms. The lowest BCUT2D eigenvalue weighted by molar-refractivity contribution is -0.146. The maximum Gasteiger partial charge on any atom is 0.306 e. The second-order valence-corrected chi connectivity index (χ2v) is 5.12. The van der Waals surface area contributed by atoms with Crippen LogP contribution in [-0.4, -0.2) is 59.0 Å². The summed E-state index contributed by atoms with van der Waals surface area (Å²) in [5.41, 5.74) is 0. The molecule has 0 spiro atoms. The first-order valence-electron chi connectivity index (χ1n) is 6.32. The van der Waals surface area contributed by atoms with Gasteiger partial charge in [0.2, 0.25) is 5.91 Å². The predicted octanol–water partition coefficient (Wildman–Crippen LogP) is 0.404. The maximum absolute atomic E-state index is 11.9. The van der Waals surface area contributed by atoms with Gasteiger partial charge < -0.3 is 10.0 Å². The van der Waals surface area contributed by atoms with E-state index < -0.39 is 11.9 Å². The molecule has 5 heteroatoms. The van der Waals surface area contributed by atoms with Gasteiger partial charge in [-0.2, -0.15) is 0 Å². The van der Waals surface area contributed by atoms with Gasteiger partial charge in [-0.3, -0.25) is 14.5 Å². The number of hydrogen-bond donors (Lipinski definition) is 1. The largest absolute Gasteiger partial charge is 0.481 e. The van der Waals surface area contributed by atoms with Gasteiger partial charge in [0.25, 0.3) is 0 Å². The average molecular weight is 240 g/mol. The van der Waals surface area contributed by atoms with Crippen molar-refractivity contribution in [3.8, 4) is 0 Å². The Morgan fingerprint density at radius 3 is 2.82 bits per heavy atom. The highest BCUT2D eigenvalue weighted by atomic mass is 16.4. The van der Waals surface area contributed by atoms with Crippen LogP contribution in [0, 0.1) is 5.92 Å². The summed E-state index contributed by atoms with van der Waals surface area (Å²) >= 11 is 0. The molecule has 1 N–H and O–H groups in total. The van der Waals surface area contributed by atoms with Crippen LogP contribution in [0.4, 0.5) is 0 Å². The van der Waals surface area contributed by atoms with Crippen LogP contribution in [-0.2, 0) is 9.59 Å². The van der Waals surface area contributed by atoms with E-state index in [4.69, 9.17) is 5.11 Å². The number of amides is 1. The fraction of sp³-hybridized carbons (Fsp3) is 0.833. The summed E-state index contributed by atoms with van der Waals surface area (Å²) in [4.78, 5) is 26.9. The standard InChI is InChI=1S/C12H20N2O3/c1-9(12(16)17)7-11(15)14-6-5-13-4-2-3-10(13)8-14/h9-10H,2-8H2,1H3,(H,16,17). The molecule has 0 bridgehead atoms. The van der Waals surface area contributed by atoms with E-state index >= 15 is 0 Å². The number of carboxylic acid groups (broad SMARTS) is 1. The Balaban J connectivity index is 1.86. The zero-order valence-corrected chi connectivity index (χ0v) is 10.3.